The van der Waals surface area contributed by atoms with Crippen LogP contribution in [0, 0.1) is 5.92 Å². The van der Waals surface area contributed by atoms with Crippen molar-refractivity contribution in [2.24, 2.45) is 11.7 Å². The Hall–Kier alpha value is -3.93. The molecule has 0 bridgehead atoms. The Labute approximate surface area is 208 Å². The van der Waals surface area contributed by atoms with Crippen LogP contribution in [0.3, 0.4) is 0 Å². The lowest BCUT2D eigenvalue weighted by Crippen LogP contribution is -2.57. The molecular formula is C24H33N5O7. The summed E-state index contributed by atoms with van der Waals surface area (Å²) >= 11 is 0. The van der Waals surface area contributed by atoms with Gasteiger partial charge in [-0.3, -0.25) is 19.2 Å². The molecule has 0 radical (unpaired) electrons. The molecule has 12 nitrogen and oxygen atoms in total. The molecular weight excluding hydrogens is 470 g/mol. The summed E-state index contributed by atoms with van der Waals surface area (Å²) in [5.41, 5.74) is 7.68. The van der Waals surface area contributed by atoms with E-state index in [9.17, 15) is 34.2 Å². The fraction of sp³-hybridized carbons (Fsp3) is 0.458. The number of hydrogen-bond acceptors (Lipinski definition) is 6. The zero-order chi connectivity index (χ0) is 27.0. The third kappa shape index (κ3) is 7.54. The van der Waals surface area contributed by atoms with Gasteiger partial charge < -0.3 is 36.9 Å². The Morgan fingerprint density at radius 1 is 0.972 bits per heavy atom. The molecule has 5 atom stereocenters. The van der Waals surface area contributed by atoms with E-state index in [0.717, 1.165) is 16.5 Å². The summed E-state index contributed by atoms with van der Waals surface area (Å²) < 4.78 is 0. The zero-order valence-electron chi connectivity index (χ0n) is 20.4. The lowest BCUT2D eigenvalue weighted by atomic mass is 9.99. The average molecular weight is 504 g/mol. The van der Waals surface area contributed by atoms with Gasteiger partial charge in [-0.1, -0.05) is 38.5 Å². The molecule has 0 saturated heterocycles. The smallest absolute Gasteiger partial charge is 0.326 e. The Balaban J connectivity index is 2.03. The van der Waals surface area contributed by atoms with Gasteiger partial charge in [0, 0.05) is 17.1 Å². The first-order valence-corrected chi connectivity index (χ1v) is 11.6. The van der Waals surface area contributed by atoms with Gasteiger partial charge in [-0.2, -0.15) is 0 Å². The third-order valence-corrected chi connectivity index (χ3v) is 5.99. The number of carbonyl (C=O) groups excluding carboxylic acids is 3. The summed E-state index contributed by atoms with van der Waals surface area (Å²) in [4.78, 5) is 63.7. The topological polar surface area (TPSA) is 204 Å². The van der Waals surface area contributed by atoms with Crippen molar-refractivity contribution in [3.05, 3.63) is 36.0 Å². The molecule has 5 unspecified atom stereocenters. The Morgan fingerprint density at radius 2 is 1.64 bits per heavy atom. The van der Waals surface area contributed by atoms with Gasteiger partial charge in [-0.05, 0) is 30.9 Å². The molecule has 1 heterocycles. The minimum atomic E-state index is -1.50. The summed E-state index contributed by atoms with van der Waals surface area (Å²) in [6.07, 6.45) is 1.63. The maximum absolute atomic E-state index is 12.7. The van der Waals surface area contributed by atoms with Crippen LogP contribution in [0.15, 0.2) is 30.5 Å². The number of carboxylic acids is 2. The van der Waals surface area contributed by atoms with Crippen LogP contribution in [0.5, 0.6) is 0 Å². The standard InChI is InChI=1S/C24H33N5O7/c1-4-12(2)20(24(35)36)29-21(32)13(3)27-23(34)18(10-19(30)31)28-22(33)16(25)9-14-11-26-17-8-6-5-7-15(14)17/h5-8,11-13,16,18,20,26H,4,9-10,25H2,1-3H3,(H,27,34)(H,28,33)(H,29,32)(H,30,31)(H,35,36). The molecule has 3 amide bonds. The van der Waals surface area contributed by atoms with Crippen molar-refractivity contribution in [2.45, 2.75) is 64.2 Å². The molecule has 0 fully saturated rings. The van der Waals surface area contributed by atoms with E-state index in [1.807, 2.05) is 24.3 Å². The number of amides is 3. The number of H-pyrrole nitrogens is 1. The summed E-state index contributed by atoms with van der Waals surface area (Å²) in [6, 6.07) is 2.54. The van der Waals surface area contributed by atoms with Crippen LogP contribution >= 0.6 is 0 Å². The highest BCUT2D eigenvalue weighted by atomic mass is 16.4. The fourth-order valence-electron chi connectivity index (χ4n) is 3.63. The van der Waals surface area contributed by atoms with E-state index in [1.165, 1.54) is 6.92 Å². The van der Waals surface area contributed by atoms with Crippen molar-refractivity contribution in [3.8, 4) is 0 Å². The number of carboxylic acid groups (broad SMARTS) is 2. The number of nitrogens with one attached hydrogen (secondary N) is 4. The second kappa shape index (κ2) is 12.7. The number of fused-ring (bicyclic) bond motifs is 1. The third-order valence-electron chi connectivity index (χ3n) is 5.99. The van der Waals surface area contributed by atoms with E-state index >= 15 is 0 Å². The van der Waals surface area contributed by atoms with Gasteiger partial charge in [0.05, 0.1) is 12.5 Å². The van der Waals surface area contributed by atoms with Gasteiger partial charge >= 0.3 is 11.9 Å². The quantitative estimate of drug-likeness (QED) is 0.199. The van der Waals surface area contributed by atoms with Crippen LogP contribution in [0.4, 0.5) is 0 Å². The molecule has 1 aromatic heterocycles. The zero-order valence-corrected chi connectivity index (χ0v) is 20.4. The lowest BCUT2D eigenvalue weighted by molar-refractivity contribution is -0.144. The van der Waals surface area contributed by atoms with E-state index in [0.29, 0.717) is 6.42 Å². The molecule has 12 heteroatoms. The van der Waals surface area contributed by atoms with Crippen LogP contribution in [0.25, 0.3) is 10.9 Å². The number of hydrogen-bond donors (Lipinski definition) is 7. The average Bonchev–Trinajstić information content (AvgIpc) is 3.23. The van der Waals surface area contributed by atoms with Crippen LogP contribution in [-0.2, 0) is 30.4 Å². The summed E-state index contributed by atoms with van der Waals surface area (Å²) in [6.45, 7) is 4.77. The fourth-order valence-corrected chi connectivity index (χ4v) is 3.63. The molecule has 0 spiro atoms. The molecule has 2 aromatic rings. The molecule has 1 aromatic carbocycles. The molecule has 0 aliphatic heterocycles. The number of rotatable bonds is 13. The maximum atomic E-state index is 12.7. The monoisotopic (exact) mass is 503 g/mol. The lowest BCUT2D eigenvalue weighted by Gasteiger charge is -2.24. The van der Waals surface area contributed by atoms with Gasteiger partial charge in [0.25, 0.3) is 0 Å². The van der Waals surface area contributed by atoms with E-state index in [4.69, 9.17) is 5.73 Å². The predicted octanol–water partition coefficient (Wildman–Crippen LogP) is 0.117. The largest absolute Gasteiger partial charge is 0.481 e. The first-order chi connectivity index (χ1) is 16.9. The highest BCUT2D eigenvalue weighted by molar-refractivity contribution is 5.95. The van der Waals surface area contributed by atoms with Gasteiger partial charge in [0.1, 0.15) is 18.1 Å². The number of carbonyl (C=O) groups is 5. The number of benzene rings is 1. The highest BCUT2D eigenvalue weighted by Crippen LogP contribution is 2.18. The molecule has 8 N–H and O–H groups in total. The van der Waals surface area contributed by atoms with Gasteiger partial charge in [-0.25, -0.2) is 4.79 Å². The molecule has 36 heavy (non-hydrogen) atoms. The number of aliphatic carboxylic acids is 2. The maximum Gasteiger partial charge on any atom is 0.326 e. The molecule has 2 rings (SSSR count). The van der Waals surface area contributed by atoms with Gasteiger partial charge in [0.2, 0.25) is 17.7 Å². The Kier molecular flexibility index (Phi) is 9.97. The predicted molar refractivity (Wildman–Crippen MR) is 131 cm³/mol. The van der Waals surface area contributed by atoms with Gasteiger partial charge in [-0.15, -0.1) is 0 Å². The number of para-hydroxylation sites is 1. The highest BCUT2D eigenvalue weighted by Gasteiger charge is 2.31. The molecule has 0 aliphatic rings. The van der Waals surface area contributed by atoms with E-state index in [2.05, 4.69) is 20.9 Å². The van der Waals surface area contributed by atoms with Crippen molar-refractivity contribution >= 4 is 40.6 Å². The minimum absolute atomic E-state index is 0.141. The Bertz CT molecular complexity index is 1120. The summed E-state index contributed by atoms with van der Waals surface area (Å²) in [5, 5.41) is 26.5. The van der Waals surface area contributed by atoms with Crippen molar-refractivity contribution in [2.75, 3.05) is 0 Å². The van der Waals surface area contributed by atoms with Crippen LogP contribution in [0.2, 0.25) is 0 Å². The van der Waals surface area contributed by atoms with Crippen molar-refractivity contribution in [3.63, 3.8) is 0 Å². The van der Waals surface area contributed by atoms with Crippen molar-refractivity contribution in [1.29, 1.82) is 0 Å². The number of nitrogens with two attached hydrogens (primary N) is 1. The van der Waals surface area contributed by atoms with Crippen LogP contribution in [-0.4, -0.2) is 69.0 Å². The first-order valence-electron chi connectivity index (χ1n) is 11.6. The summed E-state index contributed by atoms with van der Waals surface area (Å²) in [7, 11) is 0. The number of aromatic amines is 1. The normalized spacial score (nSPS) is 15.2. The van der Waals surface area contributed by atoms with E-state index in [-0.39, 0.29) is 12.3 Å². The van der Waals surface area contributed by atoms with Gasteiger partial charge in [0.15, 0.2) is 0 Å². The molecule has 0 aliphatic carbocycles. The van der Waals surface area contributed by atoms with Crippen molar-refractivity contribution in [1.82, 2.24) is 20.9 Å². The van der Waals surface area contributed by atoms with Crippen LogP contribution in [0.1, 0.15) is 39.2 Å². The van der Waals surface area contributed by atoms with E-state index < -0.39 is 60.2 Å². The summed E-state index contributed by atoms with van der Waals surface area (Å²) in [5.74, 6) is -5.32. The van der Waals surface area contributed by atoms with E-state index in [1.54, 1.807) is 20.0 Å². The molecule has 196 valence electrons. The Morgan fingerprint density at radius 3 is 2.25 bits per heavy atom. The second-order valence-corrected chi connectivity index (χ2v) is 8.77. The molecule has 0 saturated carbocycles. The minimum Gasteiger partial charge on any atom is -0.481 e. The SMILES string of the molecule is CCC(C)C(NC(=O)C(C)NC(=O)C(CC(=O)O)NC(=O)C(N)Cc1c[nH]c2ccccc12)C(=O)O. The number of aromatic nitrogens is 1. The van der Waals surface area contributed by atoms with Crippen LogP contribution < -0.4 is 21.7 Å². The first kappa shape index (κ1) is 28.3. The van der Waals surface area contributed by atoms with Crippen molar-refractivity contribution < 1.29 is 34.2 Å². The second-order valence-electron chi connectivity index (χ2n) is 8.77.